The van der Waals surface area contributed by atoms with E-state index in [4.69, 9.17) is 4.74 Å². The normalized spacial score (nSPS) is 22.8. The zero-order valence-corrected chi connectivity index (χ0v) is 16.9. The van der Waals surface area contributed by atoms with Crippen molar-refractivity contribution in [3.05, 3.63) is 54.1 Å². The molecule has 6 heteroatoms. The Balaban J connectivity index is 1.62. The second-order valence-electron chi connectivity index (χ2n) is 7.26. The maximum absolute atomic E-state index is 13.2. The third kappa shape index (κ3) is 3.90. The zero-order chi connectivity index (χ0) is 19.5. The Morgan fingerprint density at radius 2 is 1.79 bits per heavy atom. The van der Waals surface area contributed by atoms with Crippen LogP contribution in [0.4, 0.5) is 5.69 Å². The number of likely N-dealkylation sites (tertiary alicyclic amines) is 1. The molecule has 0 aliphatic carbocycles. The van der Waals surface area contributed by atoms with Crippen molar-refractivity contribution in [3.63, 3.8) is 0 Å². The van der Waals surface area contributed by atoms with Gasteiger partial charge in [0.2, 0.25) is 0 Å². The van der Waals surface area contributed by atoms with Gasteiger partial charge in [-0.25, -0.2) is 0 Å². The van der Waals surface area contributed by atoms with E-state index in [1.807, 2.05) is 48.5 Å². The number of methoxy groups -OCH3 is 1. The quantitative estimate of drug-likeness (QED) is 0.837. The summed E-state index contributed by atoms with van der Waals surface area (Å²) in [7, 11) is 1.63. The van der Waals surface area contributed by atoms with Crippen LogP contribution in [0, 0.1) is 0 Å². The summed E-state index contributed by atoms with van der Waals surface area (Å²) in [6.45, 7) is 3.62. The summed E-state index contributed by atoms with van der Waals surface area (Å²) in [5, 5.41) is 10.6. The predicted molar refractivity (Wildman–Crippen MR) is 112 cm³/mol. The molecule has 0 spiro atoms. The van der Waals surface area contributed by atoms with Gasteiger partial charge in [0.05, 0.1) is 18.0 Å². The number of benzene rings is 2. The molecule has 0 saturated carbocycles. The number of hydrogen-bond acceptors (Lipinski definition) is 5. The van der Waals surface area contributed by atoms with Crippen LogP contribution >= 0.6 is 11.8 Å². The Hall–Kier alpha value is -2.02. The van der Waals surface area contributed by atoms with Crippen molar-refractivity contribution in [2.45, 2.75) is 29.1 Å². The Morgan fingerprint density at radius 3 is 2.50 bits per heavy atom. The van der Waals surface area contributed by atoms with Gasteiger partial charge in [0.25, 0.3) is 5.91 Å². The number of fused-ring (bicyclic) bond motifs is 1. The van der Waals surface area contributed by atoms with Gasteiger partial charge in [0, 0.05) is 18.0 Å². The minimum absolute atomic E-state index is 0.225. The standard InChI is InChI=1S/C22H26N2O3S/c1-27-17-10-8-16(9-11-17)21-20(25)22(26)24(15-14-23-12-4-5-13-23)18-6-2-3-7-19(18)28-21/h2-3,6-11,20-21,25H,4-5,12-15H2,1H3. The Bertz CT molecular complexity index is 821. The van der Waals surface area contributed by atoms with Crippen LogP contribution < -0.4 is 9.64 Å². The molecule has 2 aromatic rings. The van der Waals surface area contributed by atoms with Crippen molar-refractivity contribution in [1.29, 1.82) is 0 Å². The maximum atomic E-state index is 13.2. The molecule has 28 heavy (non-hydrogen) atoms. The second kappa shape index (κ2) is 8.55. The van der Waals surface area contributed by atoms with Gasteiger partial charge in [-0.2, -0.15) is 0 Å². The molecule has 1 N–H and O–H groups in total. The van der Waals surface area contributed by atoms with Crippen molar-refractivity contribution >= 4 is 23.4 Å². The SMILES string of the molecule is COc1ccc(C2Sc3ccccc3N(CCN3CCCC3)C(=O)C2O)cc1. The summed E-state index contributed by atoms with van der Waals surface area (Å²) in [5.41, 5.74) is 1.81. The van der Waals surface area contributed by atoms with Gasteiger partial charge in [-0.3, -0.25) is 4.79 Å². The predicted octanol–water partition coefficient (Wildman–Crippen LogP) is 3.33. The first kappa shape index (κ1) is 19.3. The number of aliphatic hydroxyl groups is 1. The number of amides is 1. The fraction of sp³-hybridized carbons (Fsp3) is 0.409. The molecule has 2 aliphatic heterocycles. The van der Waals surface area contributed by atoms with Crippen LogP contribution in [0.2, 0.25) is 0 Å². The van der Waals surface area contributed by atoms with E-state index in [1.54, 1.807) is 23.8 Å². The largest absolute Gasteiger partial charge is 0.497 e. The number of nitrogens with zero attached hydrogens (tertiary/aromatic N) is 2. The Kier molecular flexibility index (Phi) is 5.90. The average molecular weight is 399 g/mol. The molecule has 1 amide bonds. The van der Waals surface area contributed by atoms with Gasteiger partial charge in [-0.05, 0) is 55.8 Å². The van der Waals surface area contributed by atoms with E-state index in [2.05, 4.69) is 4.90 Å². The molecule has 2 atom stereocenters. The van der Waals surface area contributed by atoms with Gasteiger partial charge in [-0.1, -0.05) is 24.3 Å². The summed E-state index contributed by atoms with van der Waals surface area (Å²) in [6.07, 6.45) is 1.36. The molecule has 0 bridgehead atoms. The van der Waals surface area contributed by atoms with Crippen LogP contribution in [-0.2, 0) is 4.79 Å². The molecule has 2 heterocycles. The number of thioether (sulfide) groups is 1. The van der Waals surface area contributed by atoms with Crippen molar-refractivity contribution in [2.24, 2.45) is 0 Å². The third-order valence-corrected chi connectivity index (χ3v) is 6.88. The monoisotopic (exact) mass is 398 g/mol. The van der Waals surface area contributed by atoms with Gasteiger partial charge in [-0.15, -0.1) is 11.8 Å². The zero-order valence-electron chi connectivity index (χ0n) is 16.1. The number of ether oxygens (including phenoxy) is 1. The highest BCUT2D eigenvalue weighted by Crippen LogP contribution is 2.45. The molecule has 1 saturated heterocycles. The highest BCUT2D eigenvalue weighted by molar-refractivity contribution is 7.99. The van der Waals surface area contributed by atoms with E-state index in [1.165, 1.54) is 12.8 Å². The van der Waals surface area contributed by atoms with Crippen LogP contribution in [0.3, 0.4) is 0 Å². The number of aliphatic hydroxyl groups excluding tert-OH is 1. The summed E-state index contributed by atoms with van der Waals surface area (Å²) in [6, 6.07) is 15.5. The smallest absolute Gasteiger partial charge is 0.257 e. The lowest BCUT2D eigenvalue weighted by molar-refractivity contribution is -0.126. The van der Waals surface area contributed by atoms with Crippen molar-refractivity contribution in [3.8, 4) is 5.75 Å². The summed E-state index contributed by atoms with van der Waals surface area (Å²) >= 11 is 1.55. The first-order chi connectivity index (χ1) is 13.7. The third-order valence-electron chi connectivity index (χ3n) is 5.50. The molecule has 148 valence electrons. The topological polar surface area (TPSA) is 53.0 Å². The number of hydrogen-bond donors (Lipinski definition) is 1. The van der Waals surface area contributed by atoms with E-state index in [0.29, 0.717) is 6.54 Å². The van der Waals surface area contributed by atoms with E-state index >= 15 is 0 Å². The average Bonchev–Trinajstić information content (AvgIpc) is 3.23. The van der Waals surface area contributed by atoms with Crippen molar-refractivity contribution < 1.29 is 14.6 Å². The molecule has 1 fully saturated rings. The maximum Gasteiger partial charge on any atom is 0.257 e. The van der Waals surface area contributed by atoms with E-state index in [-0.39, 0.29) is 11.2 Å². The molecule has 4 rings (SSSR count). The van der Waals surface area contributed by atoms with Crippen LogP contribution in [0.1, 0.15) is 23.7 Å². The minimum Gasteiger partial charge on any atom is -0.497 e. The number of carbonyl (C=O) groups is 1. The number of anilines is 1. The number of para-hydroxylation sites is 1. The van der Waals surface area contributed by atoms with Gasteiger partial charge >= 0.3 is 0 Å². The summed E-state index contributed by atoms with van der Waals surface area (Å²) < 4.78 is 5.23. The summed E-state index contributed by atoms with van der Waals surface area (Å²) in [5.74, 6) is 0.535. The van der Waals surface area contributed by atoms with Crippen LogP contribution in [0.25, 0.3) is 0 Å². The van der Waals surface area contributed by atoms with Crippen LogP contribution in [0.15, 0.2) is 53.4 Å². The molecule has 2 aromatic carbocycles. The first-order valence-corrected chi connectivity index (χ1v) is 10.7. The molecular weight excluding hydrogens is 372 g/mol. The minimum atomic E-state index is -1.09. The number of carbonyl (C=O) groups excluding carboxylic acids is 1. The van der Waals surface area contributed by atoms with Gasteiger partial charge in [0.1, 0.15) is 11.9 Å². The number of rotatable bonds is 5. The lowest BCUT2D eigenvalue weighted by atomic mass is 10.1. The molecule has 2 aliphatic rings. The molecule has 2 unspecified atom stereocenters. The lowest BCUT2D eigenvalue weighted by Crippen LogP contribution is -2.44. The Morgan fingerprint density at radius 1 is 1.07 bits per heavy atom. The van der Waals surface area contributed by atoms with Gasteiger partial charge < -0.3 is 19.6 Å². The van der Waals surface area contributed by atoms with E-state index in [9.17, 15) is 9.90 Å². The summed E-state index contributed by atoms with van der Waals surface area (Å²) in [4.78, 5) is 18.4. The van der Waals surface area contributed by atoms with Crippen LogP contribution in [0.5, 0.6) is 5.75 Å². The second-order valence-corrected chi connectivity index (χ2v) is 8.45. The fourth-order valence-corrected chi connectivity index (χ4v) is 5.18. The molecular formula is C22H26N2O3S. The van der Waals surface area contributed by atoms with E-state index in [0.717, 1.165) is 41.5 Å². The first-order valence-electron chi connectivity index (χ1n) is 9.79. The highest BCUT2D eigenvalue weighted by Gasteiger charge is 2.37. The Labute approximate surface area is 170 Å². The van der Waals surface area contributed by atoms with Gasteiger partial charge in [0.15, 0.2) is 0 Å². The molecule has 0 aromatic heterocycles. The van der Waals surface area contributed by atoms with Crippen molar-refractivity contribution in [2.75, 3.05) is 38.2 Å². The van der Waals surface area contributed by atoms with Crippen molar-refractivity contribution in [1.82, 2.24) is 4.90 Å². The highest BCUT2D eigenvalue weighted by atomic mass is 32.2. The lowest BCUT2D eigenvalue weighted by Gasteiger charge is -2.27. The van der Waals surface area contributed by atoms with E-state index < -0.39 is 6.10 Å². The molecule has 0 radical (unpaired) electrons. The van der Waals surface area contributed by atoms with Crippen LogP contribution in [-0.4, -0.2) is 55.3 Å². The molecule has 5 nitrogen and oxygen atoms in total. The fourth-order valence-electron chi connectivity index (χ4n) is 3.91.